The van der Waals surface area contributed by atoms with E-state index in [2.05, 4.69) is 0 Å². The van der Waals surface area contributed by atoms with Crippen molar-refractivity contribution in [2.75, 3.05) is 24.7 Å². The van der Waals surface area contributed by atoms with Gasteiger partial charge >= 0.3 is 5.97 Å². The molecular weight excluding hydrogens is 192 g/mol. The van der Waals surface area contributed by atoms with E-state index in [9.17, 15) is 4.79 Å². The normalized spacial score (nSPS) is 12.5. The van der Waals surface area contributed by atoms with Gasteiger partial charge in [-0.3, -0.25) is 4.79 Å². The molecule has 0 amide bonds. The van der Waals surface area contributed by atoms with Gasteiger partial charge in [0.2, 0.25) is 0 Å². The van der Waals surface area contributed by atoms with Gasteiger partial charge in [0.05, 0.1) is 25.7 Å². The maximum Gasteiger partial charge on any atom is 0.306 e. The number of rotatable bonds is 7. The van der Waals surface area contributed by atoms with Gasteiger partial charge < -0.3 is 14.9 Å². The van der Waals surface area contributed by atoms with Crippen LogP contribution in [0.1, 0.15) is 13.3 Å². The highest BCUT2D eigenvalue weighted by atomic mass is 32.2. The summed E-state index contributed by atoms with van der Waals surface area (Å²) in [5.74, 6) is 0.861. The van der Waals surface area contributed by atoms with Crippen molar-refractivity contribution in [3.05, 3.63) is 0 Å². The molecule has 78 valence electrons. The van der Waals surface area contributed by atoms with E-state index in [1.165, 1.54) is 11.8 Å². The largest absolute Gasteiger partial charge is 0.466 e. The van der Waals surface area contributed by atoms with E-state index in [1.807, 2.05) is 0 Å². The lowest BCUT2D eigenvalue weighted by molar-refractivity contribution is -0.142. The quantitative estimate of drug-likeness (QED) is 0.456. The molecule has 0 radical (unpaired) electrons. The van der Waals surface area contributed by atoms with E-state index in [0.717, 1.165) is 0 Å². The zero-order valence-electron chi connectivity index (χ0n) is 7.73. The highest BCUT2D eigenvalue weighted by Crippen LogP contribution is 2.05. The molecule has 2 N–H and O–H groups in total. The van der Waals surface area contributed by atoms with Crippen LogP contribution in [-0.2, 0) is 9.53 Å². The van der Waals surface area contributed by atoms with E-state index in [4.69, 9.17) is 14.9 Å². The third-order valence-corrected chi connectivity index (χ3v) is 2.39. The Labute approximate surface area is 82.3 Å². The van der Waals surface area contributed by atoms with Crippen LogP contribution in [-0.4, -0.2) is 47.0 Å². The van der Waals surface area contributed by atoms with Crippen LogP contribution >= 0.6 is 11.8 Å². The number of hydrogen-bond donors (Lipinski definition) is 2. The number of aliphatic hydroxyl groups excluding tert-OH is 2. The third-order valence-electron chi connectivity index (χ3n) is 1.28. The zero-order valence-corrected chi connectivity index (χ0v) is 8.55. The zero-order chi connectivity index (χ0) is 10.1. The van der Waals surface area contributed by atoms with E-state index in [0.29, 0.717) is 24.5 Å². The molecule has 0 aliphatic rings. The molecule has 5 heteroatoms. The molecule has 0 aromatic rings. The Morgan fingerprint density at radius 2 is 2.31 bits per heavy atom. The van der Waals surface area contributed by atoms with Crippen molar-refractivity contribution in [2.24, 2.45) is 0 Å². The molecule has 4 nitrogen and oxygen atoms in total. The number of esters is 1. The van der Waals surface area contributed by atoms with Crippen LogP contribution in [0.5, 0.6) is 0 Å². The first-order valence-corrected chi connectivity index (χ1v) is 5.38. The van der Waals surface area contributed by atoms with Crippen molar-refractivity contribution in [1.82, 2.24) is 0 Å². The maximum atomic E-state index is 10.8. The lowest BCUT2D eigenvalue weighted by atomic mass is 10.4. The molecule has 0 saturated carbocycles. The Hall–Kier alpha value is -0.260. The van der Waals surface area contributed by atoms with Gasteiger partial charge in [-0.05, 0) is 6.92 Å². The number of ether oxygens (including phenoxy) is 1. The number of thioether (sulfide) groups is 1. The number of carbonyl (C=O) groups is 1. The molecule has 0 saturated heterocycles. The van der Waals surface area contributed by atoms with E-state index < -0.39 is 6.10 Å². The van der Waals surface area contributed by atoms with Gasteiger partial charge in [-0.2, -0.15) is 11.8 Å². The summed E-state index contributed by atoms with van der Waals surface area (Å²) in [6, 6.07) is 0. The fourth-order valence-electron chi connectivity index (χ4n) is 0.661. The highest BCUT2D eigenvalue weighted by Gasteiger charge is 2.04. The summed E-state index contributed by atoms with van der Waals surface area (Å²) in [4.78, 5) is 10.8. The number of carbonyl (C=O) groups excluding carboxylic acids is 1. The molecule has 1 atom stereocenters. The first kappa shape index (κ1) is 12.7. The minimum absolute atomic E-state index is 0.214. The van der Waals surface area contributed by atoms with Crippen molar-refractivity contribution < 1.29 is 19.7 Å². The second kappa shape index (κ2) is 8.34. The second-order valence-corrected chi connectivity index (χ2v) is 3.62. The number of aliphatic hydroxyl groups is 2. The molecule has 0 aromatic heterocycles. The lowest BCUT2D eigenvalue weighted by Crippen LogP contribution is -2.15. The van der Waals surface area contributed by atoms with Crippen molar-refractivity contribution in [3.63, 3.8) is 0 Å². The fraction of sp³-hybridized carbons (Fsp3) is 0.875. The molecule has 0 fully saturated rings. The molecule has 0 aliphatic carbocycles. The summed E-state index contributed by atoms with van der Waals surface area (Å²) < 4.78 is 4.71. The van der Waals surface area contributed by atoms with E-state index in [1.54, 1.807) is 6.92 Å². The van der Waals surface area contributed by atoms with Crippen LogP contribution in [0, 0.1) is 0 Å². The maximum absolute atomic E-state index is 10.8. The smallest absolute Gasteiger partial charge is 0.306 e. The van der Waals surface area contributed by atoms with Gasteiger partial charge in [-0.1, -0.05) is 0 Å². The summed E-state index contributed by atoms with van der Waals surface area (Å²) in [5, 5.41) is 17.4. The van der Waals surface area contributed by atoms with Crippen molar-refractivity contribution in [2.45, 2.75) is 19.4 Å². The molecule has 0 bridgehead atoms. The summed E-state index contributed by atoms with van der Waals surface area (Å²) in [7, 11) is 0. The average molecular weight is 208 g/mol. The Morgan fingerprint density at radius 1 is 1.62 bits per heavy atom. The summed E-state index contributed by atoms with van der Waals surface area (Å²) >= 11 is 1.43. The van der Waals surface area contributed by atoms with Gasteiger partial charge in [0.25, 0.3) is 0 Å². The molecule has 0 spiro atoms. The minimum atomic E-state index is -0.688. The van der Waals surface area contributed by atoms with Crippen molar-refractivity contribution in [1.29, 1.82) is 0 Å². The molecule has 0 aliphatic heterocycles. The first-order valence-electron chi connectivity index (χ1n) is 4.23. The SMILES string of the molecule is CCOC(=O)CCSCC(O)CO. The van der Waals surface area contributed by atoms with Gasteiger partial charge in [0, 0.05) is 11.5 Å². The topological polar surface area (TPSA) is 66.8 Å². The van der Waals surface area contributed by atoms with Gasteiger partial charge in [-0.15, -0.1) is 0 Å². The molecule has 0 heterocycles. The number of hydrogen-bond acceptors (Lipinski definition) is 5. The first-order chi connectivity index (χ1) is 6.20. The summed E-state index contributed by atoms with van der Waals surface area (Å²) in [6.07, 6.45) is -0.330. The summed E-state index contributed by atoms with van der Waals surface area (Å²) in [5.41, 5.74) is 0. The van der Waals surface area contributed by atoms with Gasteiger partial charge in [0.15, 0.2) is 0 Å². The fourth-order valence-corrected chi connectivity index (χ4v) is 1.52. The molecule has 13 heavy (non-hydrogen) atoms. The van der Waals surface area contributed by atoms with Crippen LogP contribution in [0.15, 0.2) is 0 Å². The lowest BCUT2D eigenvalue weighted by Gasteiger charge is -2.05. The van der Waals surface area contributed by atoms with Crippen LogP contribution < -0.4 is 0 Å². The third kappa shape index (κ3) is 8.08. The monoisotopic (exact) mass is 208 g/mol. The van der Waals surface area contributed by atoms with Crippen LogP contribution in [0.4, 0.5) is 0 Å². The van der Waals surface area contributed by atoms with Crippen molar-refractivity contribution >= 4 is 17.7 Å². The van der Waals surface area contributed by atoms with Crippen LogP contribution in [0.25, 0.3) is 0 Å². The Morgan fingerprint density at radius 3 is 2.85 bits per heavy atom. The molecule has 0 aromatic carbocycles. The average Bonchev–Trinajstić information content (AvgIpc) is 2.12. The minimum Gasteiger partial charge on any atom is -0.466 e. The summed E-state index contributed by atoms with van der Waals surface area (Å²) in [6.45, 7) is 1.94. The molecule has 0 rings (SSSR count). The standard InChI is InChI=1S/C8H16O4S/c1-2-12-8(11)3-4-13-6-7(10)5-9/h7,9-10H,2-6H2,1H3. The van der Waals surface area contributed by atoms with Crippen LogP contribution in [0.3, 0.4) is 0 Å². The highest BCUT2D eigenvalue weighted by molar-refractivity contribution is 7.99. The van der Waals surface area contributed by atoms with Gasteiger partial charge in [0.1, 0.15) is 0 Å². The molecule has 1 unspecified atom stereocenters. The molecular formula is C8H16O4S. The van der Waals surface area contributed by atoms with E-state index in [-0.39, 0.29) is 12.6 Å². The predicted molar refractivity (Wildman–Crippen MR) is 51.7 cm³/mol. The second-order valence-electron chi connectivity index (χ2n) is 2.47. The van der Waals surface area contributed by atoms with Crippen LogP contribution in [0.2, 0.25) is 0 Å². The van der Waals surface area contributed by atoms with Gasteiger partial charge in [-0.25, -0.2) is 0 Å². The van der Waals surface area contributed by atoms with E-state index >= 15 is 0 Å². The Bertz CT molecular complexity index is 140. The Kier molecular flexibility index (Phi) is 8.18. The predicted octanol–water partition coefficient (Wildman–Crippen LogP) is 0.0260. The Balaban J connectivity index is 3.20. The van der Waals surface area contributed by atoms with Crippen molar-refractivity contribution in [3.8, 4) is 0 Å².